The molecule has 0 spiro atoms. The number of carbonyl (C=O) groups is 1. The summed E-state index contributed by atoms with van der Waals surface area (Å²) in [6.45, 7) is 0. The van der Waals surface area contributed by atoms with Gasteiger partial charge in [-0.15, -0.1) is 0 Å². The number of hydrogen-bond donors (Lipinski definition) is 0. The van der Waals surface area contributed by atoms with Crippen LogP contribution in [0.4, 0.5) is 5.13 Å². The highest BCUT2D eigenvalue weighted by Gasteiger charge is 2.09. The number of thiazole rings is 1. The van der Waals surface area contributed by atoms with Crippen molar-refractivity contribution in [1.82, 2.24) is 4.98 Å². The minimum atomic E-state index is 0.553. The maximum atomic E-state index is 10.2. The van der Waals surface area contributed by atoms with E-state index in [1.165, 1.54) is 17.4 Å². The van der Waals surface area contributed by atoms with Gasteiger partial charge in [-0.2, -0.15) is 4.98 Å². The monoisotopic (exact) mass is 212 g/mol. The van der Waals surface area contributed by atoms with Crippen molar-refractivity contribution in [3.8, 4) is 5.88 Å². The van der Waals surface area contributed by atoms with E-state index in [2.05, 4.69) is 4.98 Å². The van der Waals surface area contributed by atoms with Gasteiger partial charge in [0.15, 0.2) is 5.13 Å². The van der Waals surface area contributed by atoms with Crippen molar-refractivity contribution in [2.75, 3.05) is 26.1 Å². The summed E-state index contributed by atoms with van der Waals surface area (Å²) in [4.78, 5) is 17.1. The molecule has 0 amide bonds. The molecule has 1 heterocycles. The highest BCUT2D eigenvalue weighted by Crippen LogP contribution is 2.31. The van der Waals surface area contributed by atoms with Crippen LogP contribution in [0.5, 0.6) is 5.88 Å². The summed E-state index contributed by atoms with van der Waals surface area (Å²) in [7, 11) is 5.38. The van der Waals surface area contributed by atoms with Gasteiger partial charge in [-0.3, -0.25) is 4.79 Å². The summed E-state index contributed by atoms with van der Waals surface area (Å²) in [5, 5.41) is 0.854. The fourth-order valence-electron chi connectivity index (χ4n) is 0.876. The lowest BCUT2D eigenvalue weighted by Gasteiger charge is -2.04. The quantitative estimate of drug-likeness (QED) is 0.559. The SMILES string of the molecule is COc1nc(N(C)C)sc1/C=C/C=O. The number of hydrogen-bond acceptors (Lipinski definition) is 5. The van der Waals surface area contributed by atoms with E-state index in [1.54, 1.807) is 13.2 Å². The number of anilines is 1. The molecule has 0 fully saturated rings. The molecule has 0 saturated heterocycles. The van der Waals surface area contributed by atoms with E-state index in [4.69, 9.17) is 4.74 Å². The average Bonchev–Trinajstić information content (AvgIpc) is 2.57. The lowest BCUT2D eigenvalue weighted by molar-refractivity contribution is -0.104. The molecule has 0 radical (unpaired) electrons. The van der Waals surface area contributed by atoms with Crippen LogP contribution in [0, 0.1) is 0 Å². The molecular weight excluding hydrogens is 200 g/mol. The van der Waals surface area contributed by atoms with Crippen molar-refractivity contribution in [3.05, 3.63) is 11.0 Å². The molecular formula is C9H12N2O2S. The number of ether oxygens (including phenoxy) is 1. The molecule has 0 aliphatic carbocycles. The summed E-state index contributed by atoms with van der Waals surface area (Å²) in [6, 6.07) is 0. The summed E-state index contributed by atoms with van der Waals surface area (Å²) in [5.41, 5.74) is 0. The molecule has 0 saturated carbocycles. The van der Waals surface area contributed by atoms with Crippen molar-refractivity contribution in [1.29, 1.82) is 0 Å². The fraction of sp³-hybridized carbons (Fsp3) is 0.333. The highest BCUT2D eigenvalue weighted by molar-refractivity contribution is 7.16. The maximum absolute atomic E-state index is 10.2. The molecule has 0 N–H and O–H groups in total. The smallest absolute Gasteiger partial charge is 0.233 e. The van der Waals surface area contributed by atoms with Crippen molar-refractivity contribution in [2.45, 2.75) is 0 Å². The normalized spacial score (nSPS) is 10.5. The van der Waals surface area contributed by atoms with Crippen LogP contribution in [0.1, 0.15) is 4.88 Å². The Morgan fingerprint density at radius 2 is 2.21 bits per heavy atom. The number of aromatic nitrogens is 1. The van der Waals surface area contributed by atoms with Crippen molar-refractivity contribution < 1.29 is 9.53 Å². The Morgan fingerprint density at radius 1 is 1.50 bits per heavy atom. The molecule has 5 heteroatoms. The molecule has 0 aromatic carbocycles. The third-order valence-corrected chi connectivity index (χ3v) is 2.68. The van der Waals surface area contributed by atoms with E-state index in [1.807, 2.05) is 19.0 Å². The Morgan fingerprint density at radius 3 is 2.71 bits per heavy atom. The molecule has 1 aromatic rings. The van der Waals surface area contributed by atoms with Crippen LogP contribution in [0.15, 0.2) is 6.08 Å². The zero-order chi connectivity index (χ0) is 10.6. The summed E-state index contributed by atoms with van der Waals surface area (Å²) in [5.74, 6) is 0.553. The van der Waals surface area contributed by atoms with Crippen molar-refractivity contribution in [2.24, 2.45) is 0 Å². The number of methoxy groups -OCH3 is 1. The second-order valence-corrected chi connectivity index (χ2v) is 3.77. The first-order chi connectivity index (χ1) is 6.69. The Balaban J connectivity index is 3.01. The summed E-state index contributed by atoms with van der Waals surface area (Å²) < 4.78 is 5.08. The fourth-order valence-corrected chi connectivity index (χ4v) is 1.75. The van der Waals surface area contributed by atoms with E-state index >= 15 is 0 Å². The third-order valence-electron chi connectivity index (χ3n) is 1.51. The van der Waals surface area contributed by atoms with E-state index < -0.39 is 0 Å². The molecule has 0 bridgehead atoms. The van der Waals surface area contributed by atoms with Crippen LogP contribution < -0.4 is 9.64 Å². The topological polar surface area (TPSA) is 42.4 Å². The first-order valence-corrected chi connectivity index (χ1v) is 4.84. The zero-order valence-corrected chi connectivity index (χ0v) is 9.17. The Kier molecular flexibility index (Phi) is 3.64. The Labute approximate surface area is 86.8 Å². The first-order valence-electron chi connectivity index (χ1n) is 4.03. The van der Waals surface area contributed by atoms with Gasteiger partial charge in [-0.1, -0.05) is 11.3 Å². The van der Waals surface area contributed by atoms with Gasteiger partial charge >= 0.3 is 0 Å². The van der Waals surface area contributed by atoms with Crippen LogP contribution in [0.2, 0.25) is 0 Å². The third kappa shape index (κ3) is 2.32. The van der Waals surface area contributed by atoms with E-state index in [0.717, 1.165) is 16.3 Å². The average molecular weight is 212 g/mol. The second-order valence-electron chi connectivity index (χ2n) is 2.76. The van der Waals surface area contributed by atoms with Gasteiger partial charge in [0.05, 0.1) is 12.0 Å². The second kappa shape index (κ2) is 4.76. The molecule has 0 aliphatic heterocycles. The number of allylic oxidation sites excluding steroid dienone is 1. The molecule has 0 unspecified atom stereocenters. The summed E-state index contributed by atoms with van der Waals surface area (Å²) in [6.07, 6.45) is 3.85. The molecule has 1 aromatic heterocycles. The molecule has 0 aliphatic rings. The standard InChI is InChI=1S/C9H12N2O2S/c1-11(2)9-10-8(13-3)7(14-9)5-4-6-12/h4-6H,1-3H3/b5-4+. The minimum Gasteiger partial charge on any atom is -0.480 e. The zero-order valence-electron chi connectivity index (χ0n) is 8.35. The van der Waals surface area contributed by atoms with Gasteiger partial charge < -0.3 is 9.64 Å². The number of aldehydes is 1. The van der Waals surface area contributed by atoms with Gasteiger partial charge in [0.25, 0.3) is 0 Å². The highest BCUT2D eigenvalue weighted by atomic mass is 32.1. The van der Waals surface area contributed by atoms with E-state index in [-0.39, 0.29) is 0 Å². The maximum Gasteiger partial charge on any atom is 0.233 e. The van der Waals surface area contributed by atoms with E-state index in [0.29, 0.717) is 5.88 Å². The number of rotatable bonds is 4. The Hall–Kier alpha value is -1.36. The van der Waals surface area contributed by atoms with Gasteiger partial charge in [0.1, 0.15) is 6.29 Å². The molecule has 14 heavy (non-hydrogen) atoms. The number of carbonyl (C=O) groups excluding carboxylic acids is 1. The molecule has 0 atom stereocenters. The van der Waals surface area contributed by atoms with Crippen LogP contribution in [-0.4, -0.2) is 32.5 Å². The van der Waals surface area contributed by atoms with E-state index in [9.17, 15) is 4.79 Å². The van der Waals surface area contributed by atoms with Gasteiger partial charge in [0.2, 0.25) is 5.88 Å². The largest absolute Gasteiger partial charge is 0.480 e. The molecule has 4 nitrogen and oxygen atoms in total. The minimum absolute atomic E-state index is 0.553. The van der Waals surface area contributed by atoms with Crippen LogP contribution in [0.25, 0.3) is 6.08 Å². The predicted octanol–water partition coefficient (Wildman–Crippen LogP) is 1.43. The van der Waals surface area contributed by atoms with Gasteiger partial charge in [0, 0.05) is 14.1 Å². The summed E-state index contributed by atoms with van der Waals surface area (Å²) >= 11 is 1.48. The van der Waals surface area contributed by atoms with Crippen molar-refractivity contribution >= 4 is 28.8 Å². The van der Waals surface area contributed by atoms with Crippen LogP contribution in [-0.2, 0) is 4.79 Å². The molecule has 1 rings (SSSR count). The lowest BCUT2D eigenvalue weighted by atomic mass is 10.4. The predicted molar refractivity (Wildman–Crippen MR) is 58.1 cm³/mol. The lowest BCUT2D eigenvalue weighted by Crippen LogP contribution is -2.07. The number of nitrogens with zero attached hydrogens (tertiary/aromatic N) is 2. The molecule has 76 valence electrons. The van der Waals surface area contributed by atoms with Crippen LogP contribution in [0.3, 0.4) is 0 Å². The van der Waals surface area contributed by atoms with Crippen LogP contribution >= 0.6 is 11.3 Å². The Bertz CT molecular complexity index is 345. The van der Waals surface area contributed by atoms with Crippen molar-refractivity contribution in [3.63, 3.8) is 0 Å². The van der Waals surface area contributed by atoms with Gasteiger partial charge in [-0.25, -0.2) is 0 Å². The van der Waals surface area contributed by atoms with Gasteiger partial charge in [-0.05, 0) is 12.2 Å². The first kappa shape index (κ1) is 10.7.